The number of benzene rings is 1. The fourth-order valence-electron chi connectivity index (χ4n) is 1.10. The molecule has 5 nitrogen and oxygen atoms in total. The second kappa shape index (κ2) is 4.23. The van der Waals surface area contributed by atoms with Crippen LogP contribution in [0, 0.1) is 11.6 Å². The second-order valence-electron chi connectivity index (χ2n) is 2.93. The van der Waals surface area contributed by atoms with Crippen LogP contribution in [0.5, 0.6) is 0 Å². The summed E-state index contributed by atoms with van der Waals surface area (Å²) in [4.78, 5) is 0. The minimum absolute atomic E-state index is 0.0371. The predicted octanol–water partition coefficient (Wildman–Crippen LogP) is 1.55. The average molecular weight is 226 g/mol. The van der Waals surface area contributed by atoms with Crippen molar-refractivity contribution in [2.75, 3.05) is 5.32 Å². The maximum atomic E-state index is 13.2. The Hall–Kier alpha value is -2.02. The highest BCUT2D eigenvalue weighted by atomic mass is 19.2. The van der Waals surface area contributed by atoms with E-state index in [1.165, 1.54) is 12.1 Å². The van der Waals surface area contributed by atoms with Gasteiger partial charge < -0.3 is 15.5 Å². The molecular weight excluding hydrogens is 218 g/mol. The van der Waals surface area contributed by atoms with Gasteiger partial charge in [-0.1, -0.05) is 11.2 Å². The molecule has 0 atom stereocenters. The minimum atomic E-state index is -1.00. The van der Waals surface area contributed by atoms with Crippen LogP contribution >= 0.6 is 0 Å². The van der Waals surface area contributed by atoms with Gasteiger partial charge in [-0.2, -0.15) is 0 Å². The van der Waals surface area contributed by atoms with Gasteiger partial charge in [0, 0.05) is 0 Å². The summed E-state index contributed by atoms with van der Waals surface area (Å²) in [7, 11) is 0. The molecule has 0 saturated heterocycles. The molecule has 2 aromatic rings. The molecule has 3 N–H and O–H groups in total. The number of anilines is 2. The van der Waals surface area contributed by atoms with Gasteiger partial charge in [0.15, 0.2) is 11.6 Å². The highest BCUT2D eigenvalue weighted by molar-refractivity contribution is 5.52. The van der Waals surface area contributed by atoms with Crippen molar-refractivity contribution in [1.29, 1.82) is 0 Å². The van der Waals surface area contributed by atoms with Gasteiger partial charge in [-0.3, -0.25) is 0 Å². The lowest BCUT2D eigenvalue weighted by molar-refractivity contribution is 0.502. The Balaban J connectivity index is 2.23. The molecule has 1 aromatic carbocycles. The van der Waals surface area contributed by atoms with Crippen molar-refractivity contribution in [2.24, 2.45) is 5.73 Å². The molecule has 84 valence electrons. The van der Waals surface area contributed by atoms with Crippen LogP contribution in [0.25, 0.3) is 0 Å². The van der Waals surface area contributed by atoms with E-state index in [0.717, 1.165) is 6.07 Å². The van der Waals surface area contributed by atoms with Gasteiger partial charge in [0.2, 0.25) is 5.89 Å². The van der Waals surface area contributed by atoms with E-state index in [2.05, 4.69) is 15.5 Å². The van der Waals surface area contributed by atoms with E-state index in [9.17, 15) is 8.78 Å². The van der Waals surface area contributed by atoms with Crippen molar-refractivity contribution < 1.29 is 13.2 Å². The number of hydrogen-bond acceptors (Lipinski definition) is 5. The van der Waals surface area contributed by atoms with Crippen molar-refractivity contribution in [3.63, 3.8) is 0 Å². The van der Waals surface area contributed by atoms with Crippen LogP contribution in [-0.2, 0) is 6.54 Å². The van der Waals surface area contributed by atoms with E-state index in [1.807, 2.05) is 0 Å². The Kier molecular flexibility index (Phi) is 2.78. The summed E-state index contributed by atoms with van der Waals surface area (Å²) in [6.45, 7) is 0.0836. The number of aromatic nitrogens is 2. The largest absolute Gasteiger partial charge is 0.406 e. The fraction of sp³-hybridized carbons (Fsp3) is 0.111. The number of hydrogen-bond donors (Lipinski definition) is 2. The normalized spacial score (nSPS) is 10.4. The Morgan fingerprint density at radius 1 is 1.31 bits per heavy atom. The molecule has 2 rings (SSSR count). The molecule has 1 aromatic heterocycles. The molecule has 0 unspecified atom stereocenters. The average Bonchev–Trinajstić information content (AvgIpc) is 2.73. The SMILES string of the molecule is NCc1nnc(Nc2cccc(F)c2F)o1. The van der Waals surface area contributed by atoms with Crippen LogP contribution in [0.1, 0.15) is 5.89 Å². The summed E-state index contributed by atoms with van der Waals surface area (Å²) in [6.07, 6.45) is 0. The molecule has 1 heterocycles. The Morgan fingerprint density at radius 2 is 2.12 bits per heavy atom. The van der Waals surface area contributed by atoms with Crippen LogP contribution in [0.4, 0.5) is 20.5 Å². The highest BCUT2D eigenvalue weighted by Gasteiger charge is 2.10. The number of rotatable bonds is 3. The lowest BCUT2D eigenvalue weighted by Gasteiger charge is -2.02. The third-order valence-electron chi connectivity index (χ3n) is 1.83. The summed E-state index contributed by atoms with van der Waals surface area (Å²) in [5.74, 6) is -1.75. The fourth-order valence-corrected chi connectivity index (χ4v) is 1.10. The first-order valence-corrected chi connectivity index (χ1v) is 4.44. The molecule has 0 spiro atoms. The first kappa shape index (κ1) is 10.5. The van der Waals surface area contributed by atoms with Gasteiger partial charge in [0.1, 0.15) is 0 Å². The first-order valence-electron chi connectivity index (χ1n) is 4.44. The van der Waals surface area contributed by atoms with Crippen molar-refractivity contribution in [1.82, 2.24) is 10.2 Å². The molecule has 0 aliphatic rings. The van der Waals surface area contributed by atoms with Gasteiger partial charge >= 0.3 is 6.01 Å². The van der Waals surface area contributed by atoms with Crippen LogP contribution in [-0.4, -0.2) is 10.2 Å². The summed E-state index contributed by atoms with van der Waals surface area (Å²) >= 11 is 0. The van der Waals surface area contributed by atoms with Crippen molar-refractivity contribution >= 4 is 11.7 Å². The number of nitrogens with zero attached hydrogens (tertiary/aromatic N) is 2. The monoisotopic (exact) mass is 226 g/mol. The number of halogens is 2. The van der Waals surface area contributed by atoms with Crippen molar-refractivity contribution in [2.45, 2.75) is 6.54 Å². The van der Waals surface area contributed by atoms with Crippen LogP contribution in [0.2, 0.25) is 0 Å². The van der Waals surface area contributed by atoms with E-state index in [4.69, 9.17) is 10.2 Å². The summed E-state index contributed by atoms with van der Waals surface area (Å²) < 4.78 is 31.1. The van der Waals surface area contributed by atoms with Crippen LogP contribution in [0.15, 0.2) is 22.6 Å². The summed E-state index contributed by atoms with van der Waals surface area (Å²) in [6, 6.07) is 3.69. The third kappa shape index (κ3) is 1.98. The topological polar surface area (TPSA) is 77.0 Å². The van der Waals surface area contributed by atoms with Crippen molar-refractivity contribution in [3.05, 3.63) is 35.7 Å². The Morgan fingerprint density at radius 3 is 2.81 bits per heavy atom. The predicted molar refractivity (Wildman–Crippen MR) is 51.8 cm³/mol. The maximum Gasteiger partial charge on any atom is 0.320 e. The maximum absolute atomic E-state index is 13.2. The zero-order chi connectivity index (χ0) is 11.5. The molecular formula is C9H8F2N4O. The Labute approximate surface area is 89.3 Å². The lowest BCUT2D eigenvalue weighted by Crippen LogP contribution is -1.96. The smallest absolute Gasteiger partial charge is 0.320 e. The second-order valence-corrected chi connectivity index (χ2v) is 2.93. The number of nitrogens with one attached hydrogen (secondary N) is 1. The molecule has 0 radical (unpaired) electrons. The molecule has 0 bridgehead atoms. The highest BCUT2D eigenvalue weighted by Crippen LogP contribution is 2.20. The minimum Gasteiger partial charge on any atom is -0.406 e. The molecule has 0 saturated carbocycles. The van der Waals surface area contributed by atoms with E-state index in [-0.39, 0.29) is 24.1 Å². The third-order valence-corrected chi connectivity index (χ3v) is 1.83. The van der Waals surface area contributed by atoms with Gasteiger partial charge in [-0.15, -0.1) is 5.10 Å². The van der Waals surface area contributed by atoms with Crippen molar-refractivity contribution in [3.8, 4) is 0 Å². The van der Waals surface area contributed by atoms with Gasteiger partial charge in [0.25, 0.3) is 0 Å². The Bertz CT molecular complexity index is 500. The summed E-state index contributed by atoms with van der Waals surface area (Å²) in [5, 5.41) is 9.58. The number of nitrogens with two attached hydrogens (primary N) is 1. The van der Waals surface area contributed by atoms with E-state index in [0.29, 0.717) is 0 Å². The quantitative estimate of drug-likeness (QED) is 0.830. The lowest BCUT2D eigenvalue weighted by atomic mass is 10.3. The van der Waals surface area contributed by atoms with Crippen LogP contribution in [0.3, 0.4) is 0 Å². The van der Waals surface area contributed by atoms with E-state index < -0.39 is 11.6 Å². The summed E-state index contributed by atoms with van der Waals surface area (Å²) in [5.41, 5.74) is 5.18. The van der Waals surface area contributed by atoms with Gasteiger partial charge in [-0.25, -0.2) is 8.78 Å². The molecule has 7 heteroatoms. The zero-order valence-corrected chi connectivity index (χ0v) is 8.08. The van der Waals surface area contributed by atoms with E-state index in [1.54, 1.807) is 0 Å². The standard InChI is InChI=1S/C9H8F2N4O/c10-5-2-1-3-6(8(5)11)13-9-15-14-7(4-12)16-9/h1-3H,4,12H2,(H,13,15). The molecule has 16 heavy (non-hydrogen) atoms. The van der Waals surface area contributed by atoms with Gasteiger partial charge in [0.05, 0.1) is 12.2 Å². The first-order chi connectivity index (χ1) is 7.70. The zero-order valence-electron chi connectivity index (χ0n) is 8.08. The molecule has 0 fully saturated rings. The van der Waals surface area contributed by atoms with Crippen LogP contribution < -0.4 is 11.1 Å². The van der Waals surface area contributed by atoms with E-state index >= 15 is 0 Å². The van der Waals surface area contributed by atoms with Gasteiger partial charge in [-0.05, 0) is 12.1 Å². The molecule has 0 aliphatic heterocycles. The molecule has 0 amide bonds. The molecule has 0 aliphatic carbocycles.